The number of hydrogen-bond acceptors (Lipinski definition) is 6. The third-order valence-corrected chi connectivity index (χ3v) is 2.61. The van der Waals surface area contributed by atoms with Crippen molar-refractivity contribution in [3.8, 4) is 0 Å². The summed E-state index contributed by atoms with van der Waals surface area (Å²) in [6.07, 6.45) is 0. The van der Waals surface area contributed by atoms with Gasteiger partial charge in [-0.15, -0.1) is 0 Å². The lowest BCUT2D eigenvalue weighted by atomic mass is 10.7. The van der Waals surface area contributed by atoms with E-state index in [1.165, 1.54) is 0 Å². The van der Waals surface area contributed by atoms with Gasteiger partial charge in [-0.3, -0.25) is 0 Å². The Kier molecular flexibility index (Phi) is 20.5. The lowest BCUT2D eigenvalue weighted by Crippen LogP contribution is -2.14. The van der Waals surface area contributed by atoms with E-state index in [9.17, 15) is 0 Å². The predicted octanol–water partition coefficient (Wildman–Crippen LogP) is 1.50. The summed E-state index contributed by atoms with van der Waals surface area (Å²) in [5.74, 6) is 0. The molecule has 0 aromatic rings. The van der Waals surface area contributed by atoms with Gasteiger partial charge in [-0.25, -0.2) is 0 Å². The summed E-state index contributed by atoms with van der Waals surface area (Å²) in [5.41, 5.74) is 0. The van der Waals surface area contributed by atoms with E-state index in [-0.39, 0.29) is 0 Å². The highest BCUT2D eigenvalue weighted by atomic mass is 79.9. The van der Waals surface area contributed by atoms with Gasteiger partial charge in [0, 0.05) is 11.9 Å². The zero-order chi connectivity index (χ0) is 15.4. The van der Waals surface area contributed by atoms with Crippen molar-refractivity contribution < 1.29 is 28.4 Å². The van der Waals surface area contributed by atoms with Gasteiger partial charge in [-0.1, -0.05) is 15.9 Å². The molecule has 6 nitrogen and oxygen atoms in total. The molecule has 0 saturated carbocycles. The van der Waals surface area contributed by atoms with Gasteiger partial charge in [0.25, 0.3) is 0 Å². The molecule has 0 saturated heterocycles. The molecule has 0 aromatic carbocycles. The van der Waals surface area contributed by atoms with Gasteiger partial charge in [-0.2, -0.15) is 0 Å². The monoisotopic (exact) mass is 372 g/mol. The Labute approximate surface area is 136 Å². The summed E-state index contributed by atoms with van der Waals surface area (Å²) in [7, 11) is 0. The molecule has 0 fully saturated rings. The van der Waals surface area contributed by atoms with Crippen LogP contribution in [0, 0.1) is 0 Å². The van der Waals surface area contributed by atoms with Gasteiger partial charge in [0.2, 0.25) is 0 Å². The maximum atomic E-state index is 5.36. The van der Waals surface area contributed by atoms with Crippen molar-refractivity contribution in [1.29, 1.82) is 0 Å². The molecule has 0 N–H and O–H groups in total. The molecule has 128 valence electrons. The maximum Gasteiger partial charge on any atom is 0.0701 e. The first kappa shape index (κ1) is 21.2. The van der Waals surface area contributed by atoms with Crippen molar-refractivity contribution in [2.24, 2.45) is 0 Å². The minimum absolute atomic E-state index is 0.572. The maximum absolute atomic E-state index is 5.36. The number of alkyl halides is 1. The number of ether oxygens (including phenoxy) is 6. The van der Waals surface area contributed by atoms with Crippen LogP contribution in [0.5, 0.6) is 0 Å². The second-order valence-electron chi connectivity index (χ2n) is 3.95. The molecule has 21 heavy (non-hydrogen) atoms. The van der Waals surface area contributed by atoms with Gasteiger partial charge in [-0.05, 0) is 6.92 Å². The lowest BCUT2D eigenvalue weighted by molar-refractivity contribution is -0.0155. The Balaban J connectivity index is 2.90. The molecule has 7 heteroatoms. The molecule has 0 aliphatic heterocycles. The van der Waals surface area contributed by atoms with Crippen LogP contribution in [0.15, 0.2) is 0 Å². The summed E-state index contributed by atoms with van der Waals surface area (Å²) >= 11 is 3.29. The molecule has 0 rings (SSSR count). The summed E-state index contributed by atoms with van der Waals surface area (Å²) in [6.45, 7) is 9.36. The standard InChI is InChI=1S/C14H29BrO6/c1-2-16-5-6-18-9-10-20-13-14-21-12-11-19-8-7-17-4-3-15/h2-14H2,1H3. The van der Waals surface area contributed by atoms with Crippen LogP contribution >= 0.6 is 15.9 Å². The second kappa shape index (κ2) is 20.2. The molecule has 0 amide bonds. The molecule has 0 atom stereocenters. The van der Waals surface area contributed by atoms with E-state index >= 15 is 0 Å². The number of halogens is 1. The summed E-state index contributed by atoms with van der Waals surface area (Å²) in [5, 5.41) is 0.855. The van der Waals surface area contributed by atoms with E-state index in [2.05, 4.69) is 15.9 Å². The fraction of sp³-hybridized carbons (Fsp3) is 1.00. The first-order valence-corrected chi connectivity index (χ1v) is 8.56. The van der Waals surface area contributed by atoms with E-state index in [1.807, 2.05) is 6.92 Å². The largest absolute Gasteiger partial charge is 0.379 e. The third kappa shape index (κ3) is 20.2. The molecule has 0 aliphatic rings. The van der Waals surface area contributed by atoms with Crippen molar-refractivity contribution in [2.45, 2.75) is 6.92 Å². The Hall–Kier alpha value is 0.240. The first-order chi connectivity index (χ1) is 10.4. The van der Waals surface area contributed by atoms with Crippen molar-refractivity contribution in [3.05, 3.63) is 0 Å². The fourth-order valence-electron chi connectivity index (χ4n) is 1.30. The van der Waals surface area contributed by atoms with Crippen molar-refractivity contribution in [2.75, 3.05) is 84.6 Å². The van der Waals surface area contributed by atoms with E-state index in [0.29, 0.717) is 72.7 Å². The molecule has 0 bridgehead atoms. The molecular formula is C14H29BrO6. The average Bonchev–Trinajstić information content (AvgIpc) is 2.50. The van der Waals surface area contributed by atoms with Gasteiger partial charge < -0.3 is 28.4 Å². The highest BCUT2D eigenvalue weighted by molar-refractivity contribution is 9.09. The van der Waals surface area contributed by atoms with Crippen LogP contribution in [0.3, 0.4) is 0 Å². The summed E-state index contributed by atoms with van der Waals surface area (Å²) in [4.78, 5) is 0. The van der Waals surface area contributed by atoms with E-state index in [4.69, 9.17) is 28.4 Å². The second-order valence-corrected chi connectivity index (χ2v) is 4.74. The SMILES string of the molecule is CCOCCOCCOCCOCCOCCOCCBr. The lowest BCUT2D eigenvalue weighted by Gasteiger charge is -2.07. The van der Waals surface area contributed by atoms with Gasteiger partial charge in [0.1, 0.15) is 0 Å². The van der Waals surface area contributed by atoms with Gasteiger partial charge in [0.15, 0.2) is 0 Å². The van der Waals surface area contributed by atoms with Crippen molar-refractivity contribution in [1.82, 2.24) is 0 Å². The van der Waals surface area contributed by atoms with E-state index < -0.39 is 0 Å². The minimum Gasteiger partial charge on any atom is -0.379 e. The molecular weight excluding hydrogens is 344 g/mol. The van der Waals surface area contributed by atoms with Crippen LogP contribution in [-0.4, -0.2) is 84.6 Å². The number of rotatable bonds is 18. The smallest absolute Gasteiger partial charge is 0.0701 e. The third-order valence-electron chi connectivity index (χ3n) is 2.29. The zero-order valence-electron chi connectivity index (χ0n) is 13.0. The zero-order valence-corrected chi connectivity index (χ0v) is 14.6. The highest BCUT2D eigenvalue weighted by Gasteiger charge is 1.93. The Bertz CT molecular complexity index is 167. The molecule has 0 aromatic heterocycles. The van der Waals surface area contributed by atoms with Crippen LogP contribution in [0.2, 0.25) is 0 Å². The van der Waals surface area contributed by atoms with Gasteiger partial charge in [0.05, 0.1) is 72.7 Å². The molecule has 0 aliphatic carbocycles. The predicted molar refractivity (Wildman–Crippen MR) is 84.4 cm³/mol. The van der Waals surface area contributed by atoms with Crippen LogP contribution in [0.1, 0.15) is 6.92 Å². The summed E-state index contributed by atoms with van der Waals surface area (Å²) in [6, 6.07) is 0. The fourth-order valence-corrected chi connectivity index (χ4v) is 1.53. The molecule has 0 unspecified atom stereocenters. The van der Waals surface area contributed by atoms with Crippen LogP contribution in [0.4, 0.5) is 0 Å². The Morgan fingerprint density at radius 1 is 0.476 bits per heavy atom. The van der Waals surface area contributed by atoms with Crippen LogP contribution < -0.4 is 0 Å². The van der Waals surface area contributed by atoms with Crippen molar-refractivity contribution in [3.63, 3.8) is 0 Å². The Morgan fingerprint density at radius 2 is 0.762 bits per heavy atom. The van der Waals surface area contributed by atoms with E-state index in [1.54, 1.807) is 0 Å². The van der Waals surface area contributed by atoms with Crippen LogP contribution in [0.25, 0.3) is 0 Å². The summed E-state index contributed by atoms with van der Waals surface area (Å²) < 4.78 is 31.8. The molecule has 0 spiro atoms. The van der Waals surface area contributed by atoms with Crippen molar-refractivity contribution >= 4 is 15.9 Å². The normalized spacial score (nSPS) is 11.1. The van der Waals surface area contributed by atoms with E-state index in [0.717, 1.165) is 11.9 Å². The molecule has 0 heterocycles. The first-order valence-electron chi connectivity index (χ1n) is 7.44. The molecule has 0 radical (unpaired) electrons. The van der Waals surface area contributed by atoms with Gasteiger partial charge >= 0.3 is 0 Å². The topological polar surface area (TPSA) is 55.4 Å². The minimum atomic E-state index is 0.572. The highest BCUT2D eigenvalue weighted by Crippen LogP contribution is 1.85. The quantitative estimate of drug-likeness (QED) is 0.268. The number of hydrogen-bond donors (Lipinski definition) is 0. The average molecular weight is 373 g/mol. The Morgan fingerprint density at radius 3 is 1.05 bits per heavy atom. The van der Waals surface area contributed by atoms with Crippen LogP contribution in [-0.2, 0) is 28.4 Å².